The summed E-state index contributed by atoms with van der Waals surface area (Å²) in [5.74, 6) is 0.274. The Morgan fingerprint density at radius 2 is 1.90 bits per heavy atom. The van der Waals surface area contributed by atoms with Crippen molar-refractivity contribution < 1.29 is 14.1 Å². The molecule has 104 valence electrons. The summed E-state index contributed by atoms with van der Waals surface area (Å²) >= 11 is 5.72. The first-order valence-electron chi connectivity index (χ1n) is 5.80. The van der Waals surface area contributed by atoms with E-state index < -0.39 is 4.92 Å². The number of alkyl halides is 1. The Bertz CT molecular complexity index is 616. The number of hydrogen-bond acceptors (Lipinski definition) is 3. The second-order valence-electron chi connectivity index (χ2n) is 4.10. The third-order valence-electron chi connectivity index (χ3n) is 2.71. The highest BCUT2D eigenvalue weighted by Crippen LogP contribution is 2.23. The maximum absolute atomic E-state index is 13.0. The maximum atomic E-state index is 13.0. The quantitative estimate of drug-likeness (QED) is 0.475. The first-order valence-corrected chi connectivity index (χ1v) is 6.34. The molecule has 0 unspecified atom stereocenters. The highest BCUT2D eigenvalue weighted by Gasteiger charge is 2.07. The van der Waals surface area contributed by atoms with E-state index in [4.69, 9.17) is 16.3 Å². The average molecular weight is 296 g/mol. The molecule has 4 nitrogen and oxygen atoms in total. The van der Waals surface area contributed by atoms with Crippen LogP contribution in [0.15, 0.2) is 42.5 Å². The van der Waals surface area contributed by atoms with Crippen LogP contribution in [-0.4, -0.2) is 4.92 Å². The lowest BCUT2D eigenvalue weighted by Gasteiger charge is -2.10. The van der Waals surface area contributed by atoms with Crippen molar-refractivity contribution in [1.82, 2.24) is 0 Å². The van der Waals surface area contributed by atoms with E-state index >= 15 is 0 Å². The molecule has 0 N–H and O–H groups in total. The second kappa shape index (κ2) is 6.34. The molecule has 0 atom stereocenters. The minimum atomic E-state index is -0.462. The molecule has 0 aliphatic carbocycles. The summed E-state index contributed by atoms with van der Waals surface area (Å²) < 4.78 is 18.6. The highest BCUT2D eigenvalue weighted by molar-refractivity contribution is 6.17. The van der Waals surface area contributed by atoms with Crippen LogP contribution in [0.4, 0.5) is 10.1 Å². The topological polar surface area (TPSA) is 52.4 Å². The fraction of sp³-hybridized carbons (Fsp3) is 0.143. The lowest BCUT2D eigenvalue weighted by molar-refractivity contribution is -0.384. The molecule has 0 radical (unpaired) electrons. The molecule has 20 heavy (non-hydrogen) atoms. The van der Waals surface area contributed by atoms with Crippen LogP contribution in [-0.2, 0) is 12.5 Å². The lowest BCUT2D eigenvalue weighted by Crippen LogP contribution is -1.98. The summed E-state index contributed by atoms with van der Waals surface area (Å²) in [6.45, 7) is 0.230. The monoisotopic (exact) mass is 295 g/mol. The highest BCUT2D eigenvalue weighted by atomic mass is 35.5. The number of hydrogen-bond donors (Lipinski definition) is 0. The Labute approximate surface area is 119 Å². The summed E-state index contributed by atoms with van der Waals surface area (Å²) in [4.78, 5) is 10.1. The van der Waals surface area contributed by atoms with E-state index in [0.29, 0.717) is 11.3 Å². The van der Waals surface area contributed by atoms with Gasteiger partial charge in [-0.15, -0.1) is 11.6 Å². The van der Waals surface area contributed by atoms with E-state index in [1.54, 1.807) is 12.1 Å². The zero-order valence-corrected chi connectivity index (χ0v) is 11.1. The van der Waals surface area contributed by atoms with Crippen LogP contribution in [0.2, 0.25) is 0 Å². The first kappa shape index (κ1) is 14.3. The molecule has 0 saturated carbocycles. The average Bonchev–Trinajstić information content (AvgIpc) is 2.46. The molecule has 2 rings (SSSR count). The third kappa shape index (κ3) is 3.45. The molecular weight excluding hydrogens is 285 g/mol. The normalized spacial score (nSPS) is 10.3. The van der Waals surface area contributed by atoms with Crippen LogP contribution in [0.1, 0.15) is 11.1 Å². The van der Waals surface area contributed by atoms with E-state index in [2.05, 4.69) is 0 Å². The van der Waals surface area contributed by atoms with Gasteiger partial charge in [0.05, 0.1) is 10.8 Å². The van der Waals surface area contributed by atoms with Crippen LogP contribution < -0.4 is 4.74 Å². The molecule has 0 aliphatic heterocycles. The van der Waals surface area contributed by atoms with E-state index in [1.165, 1.54) is 30.3 Å². The Hall–Kier alpha value is -2.14. The third-order valence-corrected chi connectivity index (χ3v) is 3.00. The summed E-state index contributed by atoms with van der Waals surface area (Å²) in [7, 11) is 0. The summed E-state index contributed by atoms with van der Waals surface area (Å²) in [6, 6.07) is 10.2. The molecule has 2 aromatic carbocycles. The molecule has 2 aromatic rings. The van der Waals surface area contributed by atoms with E-state index in [0.717, 1.165) is 5.56 Å². The fourth-order valence-corrected chi connectivity index (χ4v) is 1.88. The fourth-order valence-electron chi connectivity index (χ4n) is 1.67. The zero-order valence-electron chi connectivity index (χ0n) is 10.4. The van der Waals surface area contributed by atoms with Gasteiger partial charge in [-0.1, -0.05) is 0 Å². The Morgan fingerprint density at radius 1 is 1.20 bits per heavy atom. The van der Waals surface area contributed by atoms with Crippen LogP contribution in [0.5, 0.6) is 5.75 Å². The van der Waals surface area contributed by atoms with Crippen molar-refractivity contribution in [3.05, 3.63) is 69.5 Å². The van der Waals surface area contributed by atoms with Gasteiger partial charge in [-0.05, 0) is 35.9 Å². The number of nitro benzene ring substituents is 1. The number of ether oxygens (including phenoxy) is 1. The summed E-state index contributed by atoms with van der Waals surface area (Å²) in [5.41, 5.74) is 1.37. The first-order chi connectivity index (χ1) is 9.60. The van der Waals surface area contributed by atoms with Crippen LogP contribution in [0.3, 0.4) is 0 Å². The van der Waals surface area contributed by atoms with Gasteiger partial charge in [0.1, 0.15) is 18.2 Å². The molecule has 0 aromatic heterocycles. The SMILES string of the molecule is O=[N+]([O-])c1ccc(COc2ccc(F)cc2CCl)cc1. The molecule has 0 heterocycles. The van der Waals surface area contributed by atoms with Crippen molar-refractivity contribution in [1.29, 1.82) is 0 Å². The second-order valence-corrected chi connectivity index (χ2v) is 4.37. The maximum Gasteiger partial charge on any atom is 0.269 e. The van der Waals surface area contributed by atoms with Crippen molar-refractivity contribution in [2.24, 2.45) is 0 Å². The predicted molar refractivity (Wildman–Crippen MR) is 73.4 cm³/mol. The molecule has 0 saturated heterocycles. The van der Waals surface area contributed by atoms with Gasteiger partial charge in [0, 0.05) is 17.7 Å². The minimum absolute atomic E-state index is 0.0250. The largest absolute Gasteiger partial charge is 0.489 e. The lowest BCUT2D eigenvalue weighted by atomic mass is 10.2. The van der Waals surface area contributed by atoms with Gasteiger partial charge < -0.3 is 4.74 Å². The molecule has 0 aliphatic rings. The van der Waals surface area contributed by atoms with Gasteiger partial charge in [-0.25, -0.2) is 4.39 Å². The number of nitrogens with zero attached hydrogens (tertiary/aromatic N) is 1. The van der Waals surface area contributed by atoms with Crippen LogP contribution in [0, 0.1) is 15.9 Å². The number of halogens is 2. The Kier molecular flexibility index (Phi) is 4.53. The van der Waals surface area contributed by atoms with Gasteiger partial charge in [0.15, 0.2) is 0 Å². The zero-order chi connectivity index (χ0) is 14.5. The molecule has 0 fully saturated rings. The van der Waals surface area contributed by atoms with Gasteiger partial charge >= 0.3 is 0 Å². The number of non-ortho nitro benzene ring substituents is 1. The summed E-state index contributed by atoms with van der Waals surface area (Å²) in [5, 5.41) is 10.5. The number of nitro groups is 1. The van der Waals surface area contributed by atoms with E-state index in [9.17, 15) is 14.5 Å². The van der Waals surface area contributed by atoms with Crippen molar-refractivity contribution in [3.63, 3.8) is 0 Å². The summed E-state index contributed by atoms with van der Waals surface area (Å²) in [6.07, 6.45) is 0. The van der Waals surface area contributed by atoms with Crippen LogP contribution in [0.25, 0.3) is 0 Å². The van der Waals surface area contributed by atoms with Gasteiger partial charge in [0.25, 0.3) is 5.69 Å². The van der Waals surface area contributed by atoms with Gasteiger partial charge in [0.2, 0.25) is 0 Å². The van der Waals surface area contributed by atoms with Gasteiger partial charge in [-0.3, -0.25) is 10.1 Å². The predicted octanol–water partition coefficient (Wildman–Crippen LogP) is 4.05. The number of rotatable bonds is 5. The molecule has 0 spiro atoms. The van der Waals surface area contributed by atoms with Crippen molar-refractivity contribution in [2.45, 2.75) is 12.5 Å². The molecule has 0 amide bonds. The van der Waals surface area contributed by atoms with E-state index in [1.807, 2.05) is 0 Å². The van der Waals surface area contributed by atoms with Crippen molar-refractivity contribution >= 4 is 17.3 Å². The number of benzene rings is 2. The van der Waals surface area contributed by atoms with Crippen LogP contribution >= 0.6 is 11.6 Å². The Balaban J connectivity index is 2.06. The molecule has 0 bridgehead atoms. The van der Waals surface area contributed by atoms with Crippen molar-refractivity contribution in [2.75, 3.05) is 0 Å². The standard InChI is InChI=1S/C14H11ClFNO3/c15-8-11-7-12(16)3-6-14(11)20-9-10-1-4-13(5-2-10)17(18)19/h1-7H,8-9H2. The Morgan fingerprint density at radius 3 is 2.50 bits per heavy atom. The van der Waals surface area contributed by atoms with Gasteiger partial charge in [-0.2, -0.15) is 0 Å². The smallest absolute Gasteiger partial charge is 0.269 e. The molecule has 6 heteroatoms. The van der Waals surface area contributed by atoms with Crippen molar-refractivity contribution in [3.8, 4) is 5.75 Å². The minimum Gasteiger partial charge on any atom is -0.489 e. The molecular formula is C14H11ClFNO3. The van der Waals surface area contributed by atoms with E-state index in [-0.39, 0.29) is 24.0 Å².